The summed E-state index contributed by atoms with van der Waals surface area (Å²) < 4.78 is 5.75. The highest BCUT2D eigenvalue weighted by Crippen LogP contribution is 2.27. The molecule has 2 unspecified atom stereocenters. The van der Waals surface area contributed by atoms with Crippen molar-refractivity contribution in [3.8, 4) is 0 Å². The van der Waals surface area contributed by atoms with Gasteiger partial charge in [-0.2, -0.15) is 0 Å². The van der Waals surface area contributed by atoms with E-state index in [0.717, 1.165) is 23.9 Å². The summed E-state index contributed by atoms with van der Waals surface area (Å²) in [6.45, 7) is 1.34. The second-order valence-electron chi connectivity index (χ2n) is 5.41. The van der Waals surface area contributed by atoms with Crippen LogP contribution in [0.15, 0.2) is 30.5 Å². The van der Waals surface area contributed by atoms with Crippen molar-refractivity contribution in [3.05, 3.63) is 36.2 Å². The molecule has 5 nitrogen and oxygen atoms in total. The van der Waals surface area contributed by atoms with Crippen LogP contribution in [0, 0.1) is 0 Å². The molecule has 2 aromatic rings. The third kappa shape index (κ3) is 1.94. The molecule has 0 N–H and O–H groups in total. The molecule has 2 atom stereocenters. The van der Waals surface area contributed by atoms with Gasteiger partial charge in [-0.3, -0.25) is 9.78 Å². The number of ether oxygens (including phenoxy) is 1. The standard InChI is InChI=1S/C15H15N3O2/c19-15(18-8-10-5-6-11(9-18)20-10)14-7-16-12-3-1-2-4-13(12)17-14/h1-4,7,10-11H,5-6,8-9H2. The van der Waals surface area contributed by atoms with Crippen molar-refractivity contribution >= 4 is 16.9 Å². The van der Waals surface area contributed by atoms with Crippen LogP contribution >= 0.6 is 0 Å². The quantitative estimate of drug-likeness (QED) is 0.789. The van der Waals surface area contributed by atoms with Gasteiger partial charge in [-0.05, 0) is 25.0 Å². The minimum Gasteiger partial charge on any atom is -0.371 e. The van der Waals surface area contributed by atoms with E-state index >= 15 is 0 Å². The second-order valence-corrected chi connectivity index (χ2v) is 5.41. The normalized spacial score (nSPS) is 25.1. The first kappa shape index (κ1) is 11.8. The molecule has 0 aliphatic carbocycles. The lowest BCUT2D eigenvalue weighted by molar-refractivity contribution is -0.0305. The number of hydrogen-bond donors (Lipinski definition) is 0. The number of hydrogen-bond acceptors (Lipinski definition) is 4. The highest BCUT2D eigenvalue weighted by molar-refractivity contribution is 5.93. The fraction of sp³-hybridized carbons (Fsp3) is 0.400. The third-order valence-electron chi connectivity index (χ3n) is 4.00. The monoisotopic (exact) mass is 269 g/mol. The number of aromatic nitrogens is 2. The molecular formula is C15H15N3O2. The first-order chi connectivity index (χ1) is 9.79. The lowest BCUT2D eigenvalue weighted by Crippen LogP contribution is -2.46. The van der Waals surface area contributed by atoms with Crippen LogP contribution in [0.4, 0.5) is 0 Å². The summed E-state index contributed by atoms with van der Waals surface area (Å²) in [5, 5.41) is 0. The molecule has 2 fully saturated rings. The van der Waals surface area contributed by atoms with Crippen molar-refractivity contribution in [1.29, 1.82) is 0 Å². The van der Waals surface area contributed by atoms with E-state index in [-0.39, 0.29) is 18.1 Å². The van der Waals surface area contributed by atoms with Crippen LogP contribution in [0.25, 0.3) is 11.0 Å². The van der Waals surface area contributed by atoms with E-state index < -0.39 is 0 Å². The van der Waals surface area contributed by atoms with Gasteiger partial charge in [-0.25, -0.2) is 4.98 Å². The van der Waals surface area contributed by atoms with Crippen LogP contribution in [0.1, 0.15) is 23.3 Å². The van der Waals surface area contributed by atoms with Crippen LogP contribution in [-0.2, 0) is 4.74 Å². The van der Waals surface area contributed by atoms with Crippen LogP contribution < -0.4 is 0 Å². The van der Waals surface area contributed by atoms with Crippen molar-refractivity contribution in [2.45, 2.75) is 25.0 Å². The molecule has 20 heavy (non-hydrogen) atoms. The van der Waals surface area contributed by atoms with E-state index in [0.29, 0.717) is 18.8 Å². The van der Waals surface area contributed by atoms with Gasteiger partial charge < -0.3 is 9.64 Å². The lowest BCUT2D eigenvalue weighted by atomic mass is 10.2. The minimum absolute atomic E-state index is 0.0385. The summed E-state index contributed by atoms with van der Waals surface area (Å²) in [4.78, 5) is 23.1. The Labute approximate surface area is 116 Å². The Morgan fingerprint density at radius 3 is 2.60 bits per heavy atom. The molecule has 2 aliphatic rings. The van der Waals surface area contributed by atoms with E-state index in [1.165, 1.54) is 0 Å². The summed E-state index contributed by atoms with van der Waals surface area (Å²) in [5.41, 5.74) is 1.99. The topological polar surface area (TPSA) is 55.3 Å². The van der Waals surface area contributed by atoms with Gasteiger partial charge in [0.05, 0.1) is 29.4 Å². The number of likely N-dealkylation sites (tertiary alicyclic amines) is 1. The number of fused-ring (bicyclic) bond motifs is 3. The maximum absolute atomic E-state index is 12.5. The Morgan fingerprint density at radius 1 is 1.15 bits per heavy atom. The summed E-state index contributed by atoms with van der Waals surface area (Å²) in [7, 11) is 0. The Hall–Kier alpha value is -2.01. The highest BCUT2D eigenvalue weighted by atomic mass is 16.5. The number of benzene rings is 1. The van der Waals surface area contributed by atoms with Crippen LogP contribution in [0.2, 0.25) is 0 Å². The van der Waals surface area contributed by atoms with Crippen molar-refractivity contribution in [1.82, 2.24) is 14.9 Å². The van der Waals surface area contributed by atoms with Gasteiger partial charge in [-0.15, -0.1) is 0 Å². The first-order valence-corrected chi connectivity index (χ1v) is 6.96. The zero-order valence-corrected chi connectivity index (χ0v) is 11.0. The fourth-order valence-corrected chi connectivity index (χ4v) is 3.00. The van der Waals surface area contributed by atoms with Gasteiger partial charge in [0.1, 0.15) is 5.69 Å². The van der Waals surface area contributed by atoms with Crippen molar-refractivity contribution in [2.75, 3.05) is 13.1 Å². The van der Waals surface area contributed by atoms with Gasteiger partial charge in [0, 0.05) is 13.1 Å². The third-order valence-corrected chi connectivity index (χ3v) is 4.00. The molecule has 102 valence electrons. The predicted octanol–water partition coefficient (Wildman–Crippen LogP) is 1.63. The van der Waals surface area contributed by atoms with Crippen LogP contribution in [-0.4, -0.2) is 46.1 Å². The molecule has 1 aromatic carbocycles. The molecule has 2 aliphatic heterocycles. The second kappa shape index (κ2) is 4.52. The van der Waals surface area contributed by atoms with E-state index in [9.17, 15) is 4.79 Å². The molecular weight excluding hydrogens is 254 g/mol. The van der Waals surface area contributed by atoms with Gasteiger partial charge in [0.25, 0.3) is 5.91 Å². The molecule has 0 spiro atoms. The number of rotatable bonds is 1. The number of amides is 1. The average molecular weight is 269 g/mol. The van der Waals surface area contributed by atoms with Crippen molar-refractivity contribution < 1.29 is 9.53 Å². The summed E-state index contributed by atoms with van der Waals surface area (Å²) in [6, 6.07) is 7.59. The Kier molecular flexibility index (Phi) is 2.67. The zero-order valence-electron chi connectivity index (χ0n) is 11.0. The molecule has 1 amide bonds. The zero-order chi connectivity index (χ0) is 13.5. The number of nitrogens with zero attached hydrogens (tertiary/aromatic N) is 3. The van der Waals surface area contributed by atoms with E-state index in [1.54, 1.807) is 6.20 Å². The number of carbonyl (C=O) groups is 1. The maximum atomic E-state index is 12.5. The summed E-state index contributed by atoms with van der Waals surface area (Å²) >= 11 is 0. The van der Waals surface area contributed by atoms with Crippen molar-refractivity contribution in [2.24, 2.45) is 0 Å². The van der Waals surface area contributed by atoms with Crippen molar-refractivity contribution in [3.63, 3.8) is 0 Å². The highest BCUT2D eigenvalue weighted by Gasteiger charge is 2.36. The van der Waals surface area contributed by atoms with Gasteiger partial charge >= 0.3 is 0 Å². The molecule has 4 rings (SSSR count). The lowest BCUT2D eigenvalue weighted by Gasteiger charge is -2.31. The largest absolute Gasteiger partial charge is 0.371 e. The minimum atomic E-state index is -0.0385. The number of para-hydroxylation sites is 2. The molecule has 2 saturated heterocycles. The molecule has 5 heteroatoms. The Morgan fingerprint density at radius 2 is 1.85 bits per heavy atom. The van der Waals surface area contributed by atoms with E-state index in [1.807, 2.05) is 29.2 Å². The summed E-state index contributed by atoms with van der Waals surface area (Å²) in [5.74, 6) is -0.0385. The molecule has 0 saturated carbocycles. The maximum Gasteiger partial charge on any atom is 0.274 e. The van der Waals surface area contributed by atoms with Crippen LogP contribution in [0.5, 0.6) is 0 Å². The van der Waals surface area contributed by atoms with Gasteiger partial charge in [0.2, 0.25) is 0 Å². The number of morpholine rings is 1. The molecule has 2 bridgehead atoms. The van der Waals surface area contributed by atoms with Crippen LogP contribution in [0.3, 0.4) is 0 Å². The Balaban J connectivity index is 1.63. The smallest absolute Gasteiger partial charge is 0.274 e. The molecule has 0 radical (unpaired) electrons. The average Bonchev–Trinajstić information content (AvgIpc) is 2.84. The SMILES string of the molecule is O=C(c1cnc2ccccc2n1)N1CC2CCC(C1)O2. The van der Waals surface area contributed by atoms with E-state index in [4.69, 9.17) is 4.74 Å². The first-order valence-electron chi connectivity index (χ1n) is 6.96. The fourth-order valence-electron chi connectivity index (χ4n) is 3.00. The molecule has 1 aromatic heterocycles. The van der Waals surface area contributed by atoms with Gasteiger partial charge in [0.15, 0.2) is 0 Å². The summed E-state index contributed by atoms with van der Waals surface area (Å²) in [6.07, 6.45) is 4.08. The van der Waals surface area contributed by atoms with Gasteiger partial charge in [-0.1, -0.05) is 12.1 Å². The number of carbonyl (C=O) groups excluding carboxylic acids is 1. The molecule has 3 heterocycles. The van der Waals surface area contributed by atoms with E-state index in [2.05, 4.69) is 9.97 Å². The predicted molar refractivity (Wildman–Crippen MR) is 73.3 cm³/mol. The Bertz CT molecular complexity index is 661.